The summed E-state index contributed by atoms with van der Waals surface area (Å²) < 4.78 is 4.71. The summed E-state index contributed by atoms with van der Waals surface area (Å²) >= 11 is 6.19. The van der Waals surface area contributed by atoms with Crippen LogP contribution >= 0.6 is 11.6 Å². The highest BCUT2D eigenvalue weighted by Gasteiger charge is 2.21. The van der Waals surface area contributed by atoms with Gasteiger partial charge >= 0.3 is 5.97 Å². The van der Waals surface area contributed by atoms with E-state index in [1.165, 1.54) is 7.11 Å². The van der Waals surface area contributed by atoms with Crippen molar-refractivity contribution in [3.63, 3.8) is 0 Å². The third-order valence-electron chi connectivity index (χ3n) is 3.42. The topological polar surface area (TPSA) is 55.4 Å². The molecule has 23 heavy (non-hydrogen) atoms. The second-order valence-corrected chi connectivity index (χ2v) is 5.49. The predicted octanol–water partition coefficient (Wildman–Crippen LogP) is 3.30. The quantitative estimate of drug-likeness (QED) is 0.826. The lowest BCUT2D eigenvalue weighted by Gasteiger charge is -2.19. The van der Waals surface area contributed by atoms with Crippen LogP contribution in [0.5, 0.6) is 0 Å². The van der Waals surface area contributed by atoms with Gasteiger partial charge in [0.05, 0.1) is 26.0 Å². The van der Waals surface area contributed by atoms with E-state index in [2.05, 4.69) is 5.32 Å². The molecule has 0 aliphatic rings. The number of halogens is 1. The number of rotatable bonds is 6. The third kappa shape index (κ3) is 5.11. The average Bonchev–Trinajstić information content (AvgIpc) is 2.55. The standard InChI is InChI=1S/C18H18ClNO3/c1-23-18(22)12-16(14-9-5-6-10-15(14)19)20-17(21)11-13-7-3-2-4-8-13/h2-10,16H,11-12H2,1H3,(H,20,21). The molecule has 0 aliphatic carbocycles. The normalized spacial score (nSPS) is 11.6. The van der Waals surface area contributed by atoms with Crippen molar-refractivity contribution >= 4 is 23.5 Å². The van der Waals surface area contributed by atoms with Crippen LogP contribution in [-0.4, -0.2) is 19.0 Å². The van der Waals surface area contributed by atoms with E-state index in [9.17, 15) is 9.59 Å². The molecule has 0 aromatic heterocycles. The van der Waals surface area contributed by atoms with Crippen LogP contribution in [0, 0.1) is 0 Å². The Morgan fingerprint density at radius 2 is 1.74 bits per heavy atom. The van der Waals surface area contributed by atoms with Gasteiger partial charge in [-0.1, -0.05) is 60.1 Å². The Morgan fingerprint density at radius 3 is 2.39 bits per heavy atom. The molecule has 0 saturated carbocycles. The second-order valence-electron chi connectivity index (χ2n) is 5.08. The van der Waals surface area contributed by atoms with Gasteiger partial charge in [-0.25, -0.2) is 0 Å². The molecule has 4 nitrogen and oxygen atoms in total. The number of ether oxygens (including phenoxy) is 1. The summed E-state index contributed by atoms with van der Waals surface area (Å²) in [5.41, 5.74) is 1.60. The molecule has 0 spiro atoms. The number of benzene rings is 2. The van der Waals surface area contributed by atoms with Gasteiger partial charge in [0.1, 0.15) is 0 Å². The largest absolute Gasteiger partial charge is 0.469 e. The van der Waals surface area contributed by atoms with Gasteiger partial charge < -0.3 is 10.1 Å². The van der Waals surface area contributed by atoms with Crippen molar-refractivity contribution in [3.05, 3.63) is 70.7 Å². The SMILES string of the molecule is COC(=O)CC(NC(=O)Cc1ccccc1)c1ccccc1Cl. The summed E-state index contributed by atoms with van der Waals surface area (Å²) in [7, 11) is 1.32. The van der Waals surface area contributed by atoms with E-state index in [1.54, 1.807) is 18.2 Å². The first kappa shape index (κ1) is 17.0. The Kier molecular flexibility index (Phi) is 6.18. The Morgan fingerprint density at radius 1 is 1.09 bits per heavy atom. The minimum Gasteiger partial charge on any atom is -0.469 e. The zero-order chi connectivity index (χ0) is 16.7. The van der Waals surface area contributed by atoms with Crippen molar-refractivity contribution in [2.45, 2.75) is 18.9 Å². The molecule has 0 saturated heterocycles. The highest BCUT2D eigenvalue weighted by Crippen LogP contribution is 2.25. The van der Waals surface area contributed by atoms with Crippen LogP contribution in [0.15, 0.2) is 54.6 Å². The van der Waals surface area contributed by atoms with E-state index in [0.29, 0.717) is 10.6 Å². The van der Waals surface area contributed by atoms with Gasteiger partial charge in [-0.05, 0) is 17.2 Å². The second kappa shape index (κ2) is 8.34. The van der Waals surface area contributed by atoms with E-state index in [-0.39, 0.29) is 18.7 Å². The summed E-state index contributed by atoms with van der Waals surface area (Å²) in [5, 5.41) is 3.36. The maximum atomic E-state index is 12.3. The molecule has 0 heterocycles. The van der Waals surface area contributed by atoms with E-state index in [1.807, 2.05) is 36.4 Å². The molecule has 5 heteroatoms. The van der Waals surface area contributed by atoms with Crippen molar-refractivity contribution in [1.82, 2.24) is 5.32 Å². The molecule has 2 aromatic rings. The maximum absolute atomic E-state index is 12.3. The first-order chi connectivity index (χ1) is 11.1. The van der Waals surface area contributed by atoms with Gasteiger partial charge in [-0.3, -0.25) is 9.59 Å². The molecule has 0 bridgehead atoms. The lowest BCUT2D eigenvalue weighted by molar-refractivity contribution is -0.141. The van der Waals surface area contributed by atoms with Gasteiger partial charge in [0.15, 0.2) is 0 Å². The summed E-state index contributed by atoms with van der Waals surface area (Å²) in [6.45, 7) is 0. The predicted molar refractivity (Wildman–Crippen MR) is 89.1 cm³/mol. The van der Waals surface area contributed by atoms with Gasteiger partial charge in [-0.15, -0.1) is 0 Å². The fourth-order valence-corrected chi connectivity index (χ4v) is 2.54. The number of carbonyl (C=O) groups excluding carboxylic acids is 2. The van der Waals surface area contributed by atoms with E-state index in [4.69, 9.17) is 16.3 Å². The van der Waals surface area contributed by atoms with E-state index < -0.39 is 12.0 Å². The van der Waals surface area contributed by atoms with Crippen molar-refractivity contribution in [3.8, 4) is 0 Å². The zero-order valence-electron chi connectivity index (χ0n) is 12.8. The Labute approximate surface area is 140 Å². The minimum absolute atomic E-state index is 0.0285. The molecule has 2 rings (SSSR count). The Balaban J connectivity index is 2.13. The summed E-state index contributed by atoms with van der Waals surface area (Å²) in [4.78, 5) is 23.9. The minimum atomic E-state index is -0.521. The van der Waals surface area contributed by atoms with Crippen LogP contribution in [0.1, 0.15) is 23.6 Å². The molecule has 2 aromatic carbocycles. The van der Waals surface area contributed by atoms with Crippen LogP contribution in [0.2, 0.25) is 5.02 Å². The molecule has 0 fully saturated rings. The maximum Gasteiger partial charge on any atom is 0.307 e. The van der Waals surface area contributed by atoms with Gasteiger partial charge in [0, 0.05) is 5.02 Å². The summed E-state index contributed by atoms with van der Waals surface area (Å²) in [5.74, 6) is -0.583. The first-order valence-electron chi connectivity index (χ1n) is 7.24. The molecule has 1 unspecified atom stereocenters. The number of nitrogens with one attached hydrogen (secondary N) is 1. The number of hydrogen-bond acceptors (Lipinski definition) is 3. The molecular formula is C18H18ClNO3. The number of carbonyl (C=O) groups is 2. The molecule has 120 valence electrons. The lowest BCUT2D eigenvalue weighted by atomic mass is 10.0. The molecular weight excluding hydrogens is 314 g/mol. The van der Waals surface area contributed by atoms with Crippen LogP contribution in [-0.2, 0) is 20.7 Å². The fraction of sp³-hybridized carbons (Fsp3) is 0.222. The number of esters is 1. The van der Waals surface area contributed by atoms with E-state index in [0.717, 1.165) is 5.56 Å². The zero-order valence-corrected chi connectivity index (χ0v) is 13.5. The van der Waals surface area contributed by atoms with E-state index >= 15 is 0 Å². The molecule has 0 aliphatic heterocycles. The first-order valence-corrected chi connectivity index (χ1v) is 7.62. The van der Waals surface area contributed by atoms with Crippen LogP contribution in [0.25, 0.3) is 0 Å². The fourth-order valence-electron chi connectivity index (χ4n) is 2.27. The lowest BCUT2D eigenvalue weighted by Crippen LogP contribution is -2.31. The molecule has 1 atom stereocenters. The highest BCUT2D eigenvalue weighted by molar-refractivity contribution is 6.31. The van der Waals surface area contributed by atoms with Gasteiger partial charge in [0.25, 0.3) is 0 Å². The van der Waals surface area contributed by atoms with Crippen molar-refractivity contribution in [1.29, 1.82) is 0 Å². The van der Waals surface area contributed by atoms with Crippen molar-refractivity contribution in [2.24, 2.45) is 0 Å². The Hall–Kier alpha value is -2.33. The smallest absolute Gasteiger partial charge is 0.307 e. The number of methoxy groups -OCH3 is 1. The molecule has 0 radical (unpaired) electrons. The number of hydrogen-bond donors (Lipinski definition) is 1. The van der Waals surface area contributed by atoms with Crippen LogP contribution in [0.3, 0.4) is 0 Å². The number of amides is 1. The van der Waals surface area contributed by atoms with Crippen LogP contribution < -0.4 is 5.32 Å². The monoisotopic (exact) mass is 331 g/mol. The average molecular weight is 332 g/mol. The summed E-state index contributed by atoms with van der Waals surface area (Å²) in [6, 6.07) is 16.0. The van der Waals surface area contributed by atoms with Gasteiger partial charge in [0.2, 0.25) is 5.91 Å². The highest BCUT2D eigenvalue weighted by atomic mass is 35.5. The van der Waals surface area contributed by atoms with Gasteiger partial charge in [-0.2, -0.15) is 0 Å². The molecule has 1 amide bonds. The third-order valence-corrected chi connectivity index (χ3v) is 3.77. The molecule has 1 N–H and O–H groups in total. The summed E-state index contributed by atoms with van der Waals surface area (Å²) in [6.07, 6.45) is 0.268. The van der Waals surface area contributed by atoms with Crippen molar-refractivity contribution < 1.29 is 14.3 Å². The van der Waals surface area contributed by atoms with Crippen molar-refractivity contribution in [2.75, 3.05) is 7.11 Å². The Bertz CT molecular complexity index is 673. The van der Waals surface area contributed by atoms with Crippen LogP contribution in [0.4, 0.5) is 0 Å².